The Hall–Kier alpha value is -4.09. The van der Waals surface area contributed by atoms with Gasteiger partial charge < -0.3 is 4.74 Å². The molecule has 0 aromatic heterocycles. The standard InChI is InChI=1S/C24H24N4O6S/c1-18-14-21(12-13-23(18)34-2)35(32,33)27(16-19-8-4-3-5-9-19)17-24(29)26-25-15-20-10-6-7-11-22(20)28(30)31/h3-15H,16-17H2,1-2H3,(H,26,29)/b25-15+. The van der Waals surface area contributed by atoms with Crippen LogP contribution in [0.25, 0.3) is 0 Å². The van der Waals surface area contributed by atoms with Crippen LogP contribution in [0.15, 0.2) is 82.8 Å². The largest absolute Gasteiger partial charge is 0.496 e. The van der Waals surface area contributed by atoms with E-state index in [1.54, 1.807) is 49.4 Å². The minimum Gasteiger partial charge on any atom is -0.496 e. The number of hydrogen-bond acceptors (Lipinski definition) is 7. The number of hydrogen-bond donors (Lipinski definition) is 1. The molecule has 0 radical (unpaired) electrons. The number of nitrogens with zero attached hydrogens (tertiary/aromatic N) is 3. The highest BCUT2D eigenvalue weighted by Crippen LogP contribution is 2.25. The van der Waals surface area contributed by atoms with Crippen molar-refractivity contribution in [2.24, 2.45) is 5.10 Å². The zero-order valence-electron chi connectivity index (χ0n) is 19.1. The fourth-order valence-electron chi connectivity index (χ4n) is 3.31. The van der Waals surface area contributed by atoms with Crippen LogP contribution in [0, 0.1) is 17.0 Å². The quantitative estimate of drug-likeness (QED) is 0.260. The number of rotatable bonds is 10. The number of amides is 1. The maximum Gasteiger partial charge on any atom is 0.278 e. The van der Waals surface area contributed by atoms with Crippen molar-refractivity contribution >= 4 is 27.8 Å². The van der Waals surface area contributed by atoms with Gasteiger partial charge in [-0.2, -0.15) is 9.41 Å². The molecule has 0 fully saturated rings. The van der Waals surface area contributed by atoms with Crippen LogP contribution in [0.2, 0.25) is 0 Å². The molecule has 3 aromatic carbocycles. The van der Waals surface area contributed by atoms with E-state index in [1.807, 2.05) is 0 Å². The van der Waals surface area contributed by atoms with Gasteiger partial charge in [0.05, 0.1) is 35.3 Å². The normalized spacial score (nSPS) is 11.5. The number of carbonyl (C=O) groups is 1. The number of hydrazone groups is 1. The van der Waals surface area contributed by atoms with E-state index in [1.165, 1.54) is 37.4 Å². The molecule has 3 aromatic rings. The number of carbonyl (C=O) groups excluding carboxylic acids is 1. The number of aryl methyl sites for hydroxylation is 1. The van der Waals surface area contributed by atoms with Gasteiger partial charge in [-0.05, 0) is 42.3 Å². The monoisotopic (exact) mass is 496 g/mol. The summed E-state index contributed by atoms with van der Waals surface area (Å²) in [5.74, 6) is -0.162. The molecule has 0 aliphatic rings. The molecule has 0 saturated carbocycles. The molecule has 0 atom stereocenters. The van der Waals surface area contributed by atoms with Gasteiger partial charge in [0.2, 0.25) is 10.0 Å². The van der Waals surface area contributed by atoms with Crippen molar-refractivity contribution in [2.45, 2.75) is 18.4 Å². The van der Waals surface area contributed by atoms with E-state index in [0.29, 0.717) is 16.9 Å². The second kappa shape index (κ2) is 11.4. The van der Waals surface area contributed by atoms with Crippen molar-refractivity contribution in [2.75, 3.05) is 13.7 Å². The Kier molecular flexibility index (Phi) is 8.29. The first-order valence-corrected chi connectivity index (χ1v) is 11.9. The third-order valence-electron chi connectivity index (χ3n) is 5.05. The first-order valence-electron chi connectivity index (χ1n) is 10.5. The molecule has 0 saturated heterocycles. The lowest BCUT2D eigenvalue weighted by Crippen LogP contribution is -2.39. The second-order valence-electron chi connectivity index (χ2n) is 7.50. The molecule has 0 bridgehead atoms. The predicted octanol–water partition coefficient (Wildman–Crippen LogP) is 3.25. The fraction of sp³-hybridized carbons (Fsp3) is 0.167. The summed E-state index contributed by atoms with van der Waals surface area (Å²) >= 11 is 0. The highest BCUT2D eigenvalue weighted by Gasteiger charge is 2.27. The lowest BCUT2D eigenvalue weighted by molar-refractivity contribution is -0.385. The van der Waals surface area contributed by atoms with E-state index in [9.17, 15) is 23.3 Å². The van der Waals surface area contributed by atoms with Crippen LogP contribution in [-0.4, -0.2) is 43.4 Å². The first kappa shape index (κ1) is 25.5. The minimum atomic E-state index is -4.06. The summed E-state index contributed by atoms with van der Waals surface area (Å²) in [4.78, 5) is 23.2. The van der Waals surface area contributed by atoms with Crippen molar-refractivity contribution < 1.29 is 22.9 Å². The molecule has 1 amide bonds. The minimum absolute atomic E-state index is 0.0166. The number of sulfonamides is 1. The molecule has 0 spiro atoms. The summed E-state index contributed by atoms with van der Waals surface area (Å²) in [5, 5.41) is 14.9. The van der Waals surface area contributed by atoms with E-state index in [2.05, 4.69) is 10.5 Å². The van der Waals surface area contributed by atoms with Crippen molar-refractivity contribution in [3.63, 3.8) is 0 Å². The van der Waals surface area contributed by atoms with E-state index in [4.69, 9.17) is 4.74 Å². The molecule has 0 unspecified atom stereocenters. The van der Waals surface area contributed by atoms with Crippen LogP contribution in [0.5, 0.6) is 5.75 Å². The molecular formula is C24H24N4O6S. The van der Waals surface area contributed by atoms with Crippen LogP contribution in [0.4, 0.5) is 5.69 Å². The Balaban J connectivity index is 1.83. The molecular weight excluding hydrogens is 472 g/mol. The Labute approximate surface area is 203 Å². The third kappa shape index (κ3) is 6.49. The smallest absolute Gasteiger partial charge is 0.278 e. The highest BCUT2D eigenvalue weighted by atomic mass is 32.2. The number of nitro benzene ring substituents is 1. The summed E-state index contributed by atoms with van der Waals surface area (Å²) in [7, 11) is -2.57. The summed E-state index contributed by atoms with van der Waals surface area (Å²) in [5.41, 5.74) is 3.59. The number of nitrogens with one attached hydrogen (secondary N) is 1. The molecule has 182 valence electrons. The van der Waals surface area contributed by atoms with Crippen LogP contribution in [0.3, 0.4) is 0 Å². The molecule has 3 rings (SSSR count). The summed E-state index contributed by atoms with van der Waals surface area (Å²) < 4.78 is 33.1. The average molecular weight is 497 g/mol. The average Bonchev–Trinajstić information content (AvgIpc) is 2.84. The Morgan fingerprint density at radius 3 is 2.46 bits per heavy atom. The summed E-state index contributed by atoms with van der Waals surface area (Å²) in [6.07, 6.45) is 1.14. The maximum absolute atomic E-state index is 13.4. The van der Waals surface area contributed by atoms with E-state index in [0.717, 1.165) is 10.5 Å². The van der Waals surface area contributed by atoms with Crippen LogP contribution in [0.1, 0.15) is 16.7 Å². The van der Waals surface area contributed by atoms with Crippen LogP contribution in [-0.2, 0) is 21.4 Å². The van der Waals surface area contributed by atoms with E-state index >= 15 is 0 Å². The maximum atomic E-state index is 13.4. The molecule has 11 heteroatoms. The Morgan fingerprint density at radius 2 is 1.80 bits per heavy atom. The van der Waals surface area contributed by atoms with Gasteiger partial charge in [-0.25, -0.2) is 13.8 Å². The van der Waals surface area contributed by atoms with Crippen molar-refractivity contribution in [1.82, 2.24) is 9.73 Å². The Morgan fingerprint density at radius 1 is 1.11 bits per heavy atom. The van der Waals surface area contributed by atoms with Gasteiger partial charge in [0.15, 0.2) is 0 Å². The topological polar surface area (TPSA) is 131 Å². The van der Waals surface area contributed by atoms with E-state index in [-0.39, 0.29) is 22.7 Å². The third-order valence-corrected chi connectivity index (χ3v) is 6.84. The zero-order valence-corrected chi connectivity index (χ0v) is 19.9. The van der Waals surface area contributed by atoms with Crippen LogP contribution >= 0.6 is 0 Å². The number of para-hydroxylation sites is 1. The fourth-order valence-corrected chi connectivity index (χ4v) is 4.78. The first-order chi connectivity index (χ1) is 16.7. The Bertz CT molecular complexity index is 1340. The predicted molar refractivity (Wildman–Crippen MR) is 131 cm³/mol. The number of benzene rings is 3. The summed E-state index contributed by atoms with van der Waals surface area (Å²) in [6, 6.07) is 19.2. The van der Waals surface area contributed by atoms with E-state index < -0.39 is 27.4 Å². The van der Waals surface area contributed by atoms with Gasteiger partial charge in [-0.15, -0.1) is 0 Å². The SMILES string of the molecule is COc1ccc(S(=O)(=O)N(CC(=O)N/N=C/c2ccccc2[N+](=O)[O-])Cc2ccccc2)cc1C. The number of ether oxygens (including phenoxy) is 1. The van der Waals surface area contributed by atoms with Gasteiger partial charge in [0.1, 0.15) is 5.75 Å². The van der Waals surface area contributed by atoms with Gasteiger partial charge in [0.25, 0.3) is 11.6 Å². The van der Waals surface area contributed by atoms with Gasteiger partial charge in [0, 0.05) is 12.6 Å². The van der Waals surface area contributed by atoms with Crippen LogP contribution < -0.4 is 10.2 Å². The molecule has 1 N–H and O–H groups in total. The molecule has 35 heavy (non-hydrogen) atoms. The van der Waals surface area contributed by atoms with Gasteiger partial charge >= 0.3 is 0 Å². The van der Waals surface area contributed by atoms with Crippen molar-refractivity contribution in [1.29, 1.82) is 0 Å². The van der Waals surface area contributed by atoms with Gasteiger partial charge in [-0.1, -0.05) is 42.5 Å². The number of methoxy groups -OCH3 is 1. The molecule has 0 heterocycles. The molecule has 0 aliphatic carbocycles. The molecule has 10 nitrogen and oxygen atoms in total. The molecule has 0 aliphatic heterocycles. The summed E-state index contributed by atoms with van der Waals surface area (Å²) in [6.45, 7) is 1.16. The number of nitro groups is 1. The van der Waals surface area contributed by atoms with Crippen molar-refractivity contribution in [3.05, 3.63) is 99.6 Å². The van der Waals surface area contributed by atoms with Crippen molar-refractivity contribution in [3.8, 4) is 5.75 Å². The second-order valence-corrected chi connectivity index (χ2v) is 9.44. The lowest BCUT2D eigenvalue weighted by atomic mass is 10.2. The van der Waals surface area contributed by atoms with Gasteiger partial charge in [-0.3, -0.25) is 14.9 Å². The zero-order chi connectivity index (χ0) is 25.4. The highest BCUT2D eigenvalue weighted by molar-refractivity contribution is 7.89. The lowest BCUT2D eigenvalue weighted by Gasteiger charge is -2.22.